The first kappa shape index (κ1) is 26.8. The molecule has 3 aromatic rings. The summed E-state index contributed by atoms with van der Waals surface area (Å²) in [6.07, 6.45) is 0.0180. The Morgan fingerprint density at radius 2 is 1.66 bits per heavy atom. The number of benzene rings is 3. The van der Waals surface area contributed by atoms with Crippen LogP contribution in [0.25, 0.3) is 0 Å². The van der Waals surface area contributed by atoms with E-state index in [4.69, 9.17) is 23.2 Å². The number of amides is 1. The SMILES string of the molecule is CC(C)(Cc1cccc(CC(=O)NCc2ccc(Cl)cc2Cl)c1)NCC(O)c1cc(O)cc(O)c1. The van der Waals surface area contributed by atoms with Crippen molar-refractivity contribution in [3.8, 4) is 11.5 Å². The third-order valence-corrected chi connectivity index (χ3v) is 6.16. The van der Waals surface area contributed by atoms with Crippen molar-refractivity contribution in [2.45, 2.75) is 44.9 Å². The summed E-state index contributed by atoms with van der Waals surface area (Å²) in [7, 11) is 0. The summed E-state index contributed by atoms with van der Waals surface area (Å²) in [5, 5.41) is 37.0. The van der Waals surface area contributed by atoms with Gasteiger partial charge in [-0.25, -0.2) is 0 Å². The monoisotopic (exact) mass is 516 g/mol. The highest BCUT2D eigenvalue weighted by Crippen LogP contribution is 2.25. The molecule has 0 aliphatic rings. The second kappa shape index (κ2) is 11.8. The van der Waals surface area contributed by atoms with Gasteiger partial charge < -0.3 is 26.0 Å². The summed E-state index contributed by atoms with van der Waals surface area (Å²) in [4.78, 5) is 12.5. The zero-order chi connectivity index (χ0) is 25.6. The van der Waals surface area contributed by atoms with Gasteiger partial charge in [-0.2, -0.15) is 0 Å². The fraction of sp³-hybridized carbons (Fsp3) is 0.296. The minimum atomic E-state index is -0.892. The van der Waals surface area contributed by atoms with E-state index in [1.807, 2.05) is 38.1 Å². The lowest BCUT2D eigenvalue weighted by Crippen LogP contribution is -2.43. The van der Waals surface area contributed by atoms with Crippen molar-refractivity contribution < 1.29 is 20.1 Å². The maximum atomic E-state index is 12.5. The molecule has 3 rings (SSSR count). The van der Waals surface area contributed by atoms with Crippen LogP contribution in [-0.2, 0) is 24.2 Å². The van der Waals surface area contributed by atoms with Crippen LogP contribution in [0.3, 0.4) is 0 Å². The predicted molar refractivity (Wildman–Crippen MR) is 139 cm³/mol. The van der Waals surface area contributed by atoms with Gasteiger partial charge in [0.05, 0.1) is 12.5 Å². The number of aliphatic hydroxyl groups excluding tert-OH is 1. The van der Waals surface area contributed by atoms with Crippen LogP contribution in [0.2, 0.25) is 10.0 Å². The number of phenols is 2. The third kappa shape index (κ3) is 8.44. The standard InChI is InChI=1S/C27H30Cl2N2O4/c1-27(2,31-16-25(34)20-10-22(32)13-23(33)11-20)14-18-5-3-4-17(8-18)9-26(35)30-15-19-6-7-21(28)12-24(19)29/h3-8,10-13,25,31-34H,9,14-16H2,1-2H3,(H,30,35). The predicted octanol–water partition coefficient (Wildman–Crippen LogP) is 4.91. The summed E-state index contributed by atoms with van der Waals surface area (Å²) in [5.74, 6) is -0.311. The van der Waals surface area contributed by atoms with Crippen molar-refractivity contribution in [2.24, 2.45) is 0 Å². The molecule has 0 aliphatic heterocycles. The van der Waals surface area contributed by atoms with Crippen molar-refractivity contribution in [1.82, 2.24) is 10.6 Å². The molecule has 35 heavy (non-hydrogen) atoms. The Labute approximate surface area is 215 Å². The highest BCUT2D eigenvalue weighted by molar-refractivity contribution is 6.35. The summed E-state index contributed by atoms with van der Waals surface area (Å²) in [6.45, 7) is 4.61. The van der Waals surface area contributed by atoms with Crippen molar-refractivity contribution in [3.63, 3.8) is 0 Å². The zero-order valence-electron chi connectivity index (χ0n) is 19.7. The van der Waals surface area contributed by atoms with Gasteiger partial charge in [0.15, 0.2) is 0 Å². The molecule has 0 aliphatic carbocycles. The zero-order valence-corrected chi connectivity index (χ0v) is 21.2. The van der Waals surface area contributed by atoms with Crippen molar-refractivity contribution in [1.29, 1.82) is 0 Å². The van der Waals surface area contributed by atoms with Gasteiger partial charge in [-0.05, 0) is 66.8 Å². The Kier molecular flexibility index (Phi) is 9.03. The number of hydrogen-bond acceptors (Lipinski definition) is 5. The van der Waals surface area contributed by atoms with E-state index in [1.54, 1.807) is 18.2 Å². The van der Waals surface area contributed by atoms with E-state index in [1.165, 1.54) is 18.2 Å². The van der Waals surface area contributed by atoms with Crippen LogP contribution < -0.4 is 10.6 Å². The molecule has 0 saturated carbocycles. The smallest absolute Gasteiger partial charge is 0.224 e. The van der Waals surface area contributed by atoms with Gasteiger partial charge in [-0.1, -0.05) is 53.5 Å². The Balaban J connectivity index is 1.53. The number of β-amino-alcohol motifs (C(OH)–C–C–N with tert-alkyl or cyclic N) is 1. The van der Waals surface area contributed by atoms with Crippen LogP contribution in [0.15, 0.2) is 60.7 Å². The van der Waals surface area contributed by atoms with E-state index in [0.29, 0.717) is 28.6 Å². The molecule has 0 fully saturated rings. The van der Waals surface area contributed by atoms with E-state index in [2.05, 4.69) is 10.6 Å². The molecule has 1 unspecified atom stereocenters. The highest BCUT2D eigenvalue weighted by atomic mass is 35.5. The quantitative estimate of drug-likeness (QED) is 0.263. The molecule has 0 bridgehead atoms. The summed E-state index contributed by atoms with van der Waals surface area (Å²) >= 11 is 12.1. The molecule has 0 spiro atoms. The molecule has 1 atom stereocenters. The Morgan fingerprint density at radius 3 is 2.34 bits per heavy atom. The van der Waals surface area contributed by atoms with Crippen LogP contribution in [-0.4, -0.2) is 33.3 Å². The number of nitrogens with one attached hydrogen (secondary N) is 2. The molecule has 6 nitrogen and oxygen atoms in total. The van der Waals surface area contributed by atoms with Crippen molar-refractivity contribution >= 4 is 29.1 Å². The van der Waals surface area contributed by atoms with Gasteiger partial charge >= 0.3 is 0 Å². The van der Waals surface area contributed by atoms with Gasteiger partial charge in [0.1, 0.15) is 11.5 Å². The average molecular weight is 517 g/mol. The molecule has 0 heterocycles. The fourth-order valence-corrected chi connectivity index (χ4v) is 4.31. The maximum absolute atomic E-state index is 12.5. The largest absolute Gasteiger partial charge is 0.508 e. The van der Waals surface area contributed by atoms with Crippen LogP contribution in [0.1, 0.15) is 42.2 Å². The molecule has 3 aromatic carbocycles. The molecule has 0 aromatic heterocycles. The minimum absolute atomic E-state index is 0.101. The van der Waals surface area contributed by atoms with Gasteiger partial charge in [0, 0.05) is 34.7 Å². The molecule has 0 radical (unpaired) electrons. The molecule has 5 N–H and O–H groups in total. The first-order chi connectivity index (χ1) is 16.5. The summed E-state index contributed by atoms with van der Waals surface area (Å²) < 4.78 is 0. The number of carbonyl (C=O) groups excluding carboxylic acids is 1. The van der Waals surface area contributed by atoms with Gasteiger partial charge in [-0.3, -0.25) is 4.79 Å². The van der Waals surface area contributed by atoms with Crippen LogP contribution in [0.5, 0.6) is 11.5 Å². The Hall–Kier alpha value is -2.77. The first-order valence-corrected chi connectivity index (χ1v) is 12.0. The normalized spacial score (nSPS) is 12.4. The van der Waals surface area contributed by atoms with E-state index in [9.17, 15) is 20.1 Å². The molecule has 0 saturated heterocycles. The van der Waals surface area contributed by atoms with E-state index in [0.717, 1.165) is 16.7 Å². The molecular weight excluding hydrogens is 487 g/mol. The molecular formula is C27H30Cl2N2O4. The minimum Gasteiger partial charge on any atom is -0.508 e. The molecule has 8 heteroatoms. The van der Waals surface area contributed by atoms with Gasteiger partial charge in [0.25, 0.3) is 0 Å². The van der Waals surface area contributed by atoms with E-state index < -0.39 is 6.10 Å². The number of halogens is 2. The second-order valence-electron chi connectivity index (χ2n) is 9.25. The lowest BCUT2D eigenvalue weighted by Gasteiger charge is -2.28. The first-order valence-electron chi connectivity index (χ1n) is 11.3. The van der Waals surface area contributed by atoms with Crippen molar-refractivity contribution in [3.05, 3.63) is 93.0 Å². The lowest BCUT2D eigenvalue weighted by molar-refractivity contribution is -0.120. The van der Waals surface area contributed by atoms with Crippen LogP contribution in [0, 0.1) is 0 Å². The van der Waals surface area contributed by atoms with Crippen LogP contribution in [0.4, 0.5) is 0 Å². The second-order valence-corrected chi connectivity index (χ2v) is 10.1. The topological polar surface area (TPSA) is 102 Å². The number of aliphatic hydroxyl groups is 1. The van der Waals surface area contributed by atoms with E-state index >= 15 is 0 Å². The van der Waals surface area contributed by atoms with Crippen LogP contribution >= 0.6 is 23.2 Å². The van der Waals surface area contributed by atoms with Gasteiger partial charge in [-0.15, -0.1) is 0 Å². The molecule has 186 valence electrons. The van der Waals surface area contributed by atoms with Gasteiger partial charge in [0.2, 0.25) is 5.91 Å². The number of hydrogen-bond donors (Lipinski definition) is 5. The van der Waals surface area contributed by atoms with E-state index in [-0.39, 0.29) is 35.9 Å². The Bertz CT molecular complexity index is 1160. The Morgan fingerprint density at radius 1 is 0.971 bits per heavy atom. The van der Waals surface area contributed by atoms with Crippen molar-refractivity contribution in [2.75, 3.05) is 6.54 Å². The number of aromatic hydroxyl groups is 2. The fourth-order valence-electron chi connectivity index (χ4n) is 3.83. The lowest BCUT2D eigenvalue weighted by atomic mass is 9.93. The summed E-state index contributed by atoms with van der Waals surface area (Å²) in [6, 6.07) is 17.1. The third-order valence-electron chi connectivity index (χ3n) is 5.58. The number of carbonyl (C=O) groups is 1. The average Bonchev–Trinajstić information content (AvgIpc) is 2.76. The maximum Gasteiger partial charge on any atom is 0.224 e. The highest BCUT2D eigenvalue weighted by Gasteiger charge is 2.21. The molecule has 1 amide bonds. The summed E-state index contributed by atoms with van der Waals surface area (Å²) in [5.41, 5.74) is 2.82. The number of phenolic OH excluding ortho intramolecular Hbond substituents is 2. The number of rotatable bonds is 10.